The van der Waals surface area contributed by atoms with E-state index in [0.717, 1.165) is 77.0 Å². The summed E-state index contributed by atoms with van der Waals surface area (Å²) in [5.41, 5.74) is 0. The van der Waals surface area contributed by atoms with Crippen LogP contribution in [0.3, 0.4) is 0 Å². The van der Waals surface area contributed by atoms with Crippen LogP contribution in [0.4, 0.5) is 0 Å². The fourth-order valence-corrected chi connectivity index (χ4v) is 5.21. The van der Waals surface area contributed by atoms with Crippen LogP contribution in [-0.2, 0) is 19.1 Å². The molecule has 0 aromatic rings. The van der Waals surface area contributed by atoms with E-state index in [9.17, 15) is 19.8 Å². The molecule has 0 bridgehead atoms. The predicted molar refractivity (Wildman–Crippen MR) is 133 cm³/mol. The SMILES string of the molecule is O=C(OC1CCCCCCCCCCC1)[C@@H](O)[C@H](O)C(=O)OC1CCCCCCCCCCC1. The van der Waals surface area contributed by atoms with Crippen LogP contribution in [0.15, 0.2) is 0 Å². The number of carbonyl (C=O) groups excluding carboxylic acids is 2. The van der Waals surface area contributed by atoms with Crippen LogP contribution in [0.25, 0.3) is 0 Å². The molecular weight excluding hydrogens is 432 g/mol. The van der Waals surface area contributed by atoms with E-state index in [1.54, 1.807) is 0 Å². The maximum absolute atomic E-state index is 12.5. The number of hydrogen-bond donors (Lipinski definition) is 2. The molecule has 0 unspecified atom stereocenters. The van der Waals surface area contributed by atoms with Crippen molar-refractivity contribution >= 4 is 11.9 Å². The van der Waals surface area contributed by atoms with Gasteiger partial charge in [0.25, 0.3) is 0 Å². The summed E-state index contributed by atoms with van der Waals surface area (Å²) < 4.78 is 11.1. The fraction of sp³-hybridized carbons (Fsp3) is 0.929. The van der Waals surface area contributed by atoms with Gasteiger partial charge in [-0.1, -0.05) is 89.9 Å². The first-order valence-electron chi connectivity index (χ1n) is 14.3. The second kappa shape index (κ2) is 18.2. The first-order chi connectivity index (χ1) is 16.6. The zero-order valence-electron chi connectivity index (χ0n) is 21.4. The quantitative estimate of drug-likeness (QED) is 0.457. The topological polar surface area (TPSA) is 93.1 Å². The summed E-state index contributed by atoms with van der Waals surface area (Å²) in [4.78, 5) is 25.1. The summed E-state index contributed by atoms with van der Waals surface area (Å²) in [6, 6.07) is 0. The van der Waals surface area contributed by atoms with Gasteiger partial charge in [-0.25, -0.2) is 9.59 Å². The predicted octanol–water partition coefficient (Wildman–Crippen LogP) is 6.14. The molecule has 0 aromatic heterocycles. The number of ether oxygens (including phenoxy) is 2. The van der Waals surface area contributed by atoms with E-state index in [1.807, 2.05) is 0 Å². The van der Waals surface area contributed by atoms with E-state index in [1.165, 1.54) is 64.2 Å². The van der Waals surface area contributed by atoms with Crippen LogP contribution >= 0.6 is 0 Å². The van der Waals surface area contributed by atoms with Crippen LogP contribution in [-0.4, -0.2) is 46.6 Å². The normalized spacial score (nSPS) is 23.7. The first kappa shape index (κ1) is 29.1. The van der Waals surface area contributed by atoms with Crippen LogP contribution in [0.1, 0.15) is 141 Å². The Labute approximate surface area is 207 Å². The lowest BCUT2D eigenvalue weighted by Gasteiger charge is -2.24. The van der Waals surface area contributed by atoms with Crippen molar-refractivity contribution in [2.45, 2.75) is 166 Å². The van der Waals surface area contributed by atoms with E-state index >= 15 is 0 Å². The molecule has 0 radical (unpaired) electrons. The van der Waals surface area contributed by atoms with Crippen LogP contribution in [0, 0.1) is 0 Å². The average Bonchev–Trinajstić information content (AvgIpc) is 2.81. The van der Waals surface area contributed by atoms with Gasteiger partial charge in [0.1, 0.15) is 12.2 Å². The van der Waals surface area contributed by atoms with Crippen molar-refractivity contribution < 1.29 is 29.3 Å². The Kier molecular flexibility index (Phi) is 15.6. The maximum Gasteiger partial charge on any atom is 0.338 e. The van der Waals surface area contributed by atoms with Crippen LogP contribution in [0.5, 0.6) is 0 Å². The smallest absolute Gasteiger partial charge is 0.338 e. The molecule has 0 aromatic carbocycles. The third-order valence-corrected chi connectivity index (χ3v) is 7.45. The number of esters is 2. The molecule has 6 nitrogen and oxygen atoms in total. The number of carbonyl (C=O) groups is 2. The summed E-state index contributed by atoms with van der Waals surface area (Å²) in [5, 5.41) is 20.7. The monoisotopic (exact) mass is 482 g/mol. The fourth-order valence-electron chi connectivity index (χ4n) is 5.21. The molecule has 198 valence electrons. The van der Waals surface area contributed by atoms with Crippen molar-refractivity contribution in [2.24, 2.45) is 0 Å². The molecule has 2 atom stereocenters. The zero-order chi connectivity index (χ0) is 24.4. The number of aliphatic hydroxyl groups is 2. The highest BCUT2D eigenvalue weighted by Gasteiger charge is 2.35. The molecule has 0 saturated heterocycles. The van der Waals surface area contributed by atoms with E-state index in [0.29, 0.717) is 0 Å². The highest BCUT2D eigenvalue weighted by atomic mass is 16.6. The number of aliphatic hydroxyl groups excluding tert-OH is 2. The Morgan fingerprint density at radius 2 is 0.647 bits per heavy atom. The molecule has 2 N–H and O–H groups in total. The molecule has 34 heavy (non-hydrogen) atoms. The van der Waals surface area contributed by atoms with Gasteiger partial charge < -0.3 is 19.7 Å². The number of hydrogen-bond acceptors (Lipinski definition) is 6. The minimum Gasteiger partial charge on any atom is -0.460 e. The van der Waals surface area contributed by atoms with Crippen LogP contribution < -0.4 is 0 Å². The Balaban J connectivity index is 1.81. The Morgan fingerprint density at radius 1 is 0.441 bits per heavy atom. The number of rotatable bonds is 5. The second-order valence-electron chi connectivity index (χ2n) is 10.5. The highest BCUT2D eigenvalue weighted by Crippen LogP contribution is 2.21. The molecule has 0 aliphatic heterocycles. The standard InChI is InChI=1S/C28H50O6/c29-25(27(31)33-23-19-15-11-7-3-1-4-8-12-16-20-23)26(30)28(32)34-24-21-17-13-9-5-2-6-10-14-18-22-24/h23-26,29-30H,1-22H2/t25-,26-/m0/s1. The molecule has 2 fully saturated rings. The molecular formula is C28H50O6. The van der Waals surface area contributed by atoms with E-state index in [4.69, 9.17) is 9.47 Å². The van der Waals surface area contributed by atoms with Gasteiger partial charge in [0.15, 0.2) is 12.2 Å². The van der Waals surface area contributed by atoms with Crippen molar-refractivity contribution in [1.82, 2.24) is 0 Å². The summed E-state index contributed by atoms with van der Waals surface area (Å²) >= 11 is 0. The van der Waals surface area contributed by atoms with Gasteiger partial charge >= 0.3 is 11.9 Å². The molecule has 0 heterocycles. The summed E-state index contributed by atoms with van der Waals surface area (Å²) in [6.07, 6.45) is 19.6. The summed E-state index contributed by atoms with van der Waals surface area (Å²) in [7, 11) is 0. The molecule has 0 amide bonds. The average molecular weight is 483 g/mol. The van der Waals surface area contributed by atoms with Crippen molar-refractivity contribution in [3.8, 4) is 0 Å². The lowest BCUT2D eigenvalue weighted by Crippen LogP contribution is -2.43. The van der Waals surface area contributed by atoms with E-state index in [-0.39, 0.29) is 12.2 Å². The summed E-state index contributed by atoms with van der Waals surface area (Å²) in [6.45, 7) is 0. The summed E-state index contributed by atoms with van der Waals surface area (Å²) in [5.74, 6) is -1.83. The first-order valence-corrected chi connectivity index (χ1v) is 14.3. The van der Waals surface area contributed by atoms with Gasteiger partial charge in [-0.15, -0.1) is 0 Å². The minimum atomic E-state index is -1.90. The van der Waals surface area contributed by atoms with Crippen molar-refractivity contribution in [3.05, 3.63) is 0 Å². The molecule has 6 heteroatoms. The molecule has 2 aliphatic carbocycles. The third-order valence-electron chi connectivity index (χ3n) is 7.45. The Bertz CT molecular complexity index is 479. The van der Waals surface area contributed by atoms with Gasteiger partial charge in [0.2, 0.25) is 0 Å². The Hall–Kier alpha value is -1.14. The van der Waals surface area contributed by atoms with Crippen molar-refractivity contribution in [3.63, 3.8) is 0 Å². The van der Waals surface area contributed by atoms with E-state index in [2.05, 4.69) is 0 Å². The highest BCUT2D eigenvalue weighted by molar-refractivity contribution is 5.85. The lowest BCUT2D eigenvalue weighted by atomic mass is 9.99. The molecule has 0 spiro atoms. The van der Waals surface area contributed by atoms with E-state index < -0.39 is 24.1 Å². The lowest BCUT2D eigenvalue weighted by molar-refractivity contribution is -0.179. The van der Waals surface area contributed by atoms with Crippen LogP contribution in [0.2, 0.25) is 0 Å². The maximum atomic E-state index is 12.5. The third kappa shape index (κ3) is 12.5. The largest absolute Gasteiger partial charge is 0.460 e. The zero-order valence-corrected chi connectivity index (χ0v) is 21.4. The van der Waals surface area contributed by atoms with Gasteiger partial charge in [0, 0.05) is 0 Å². The van der Waals surface area contributed by atoms with Gasteiger partial charge in [0.05, 0.1) is 0 Å². The van der Waals surface area contributed by atoms with Crippen molar-refractivity contribution in [2.75, 3.05) is 0 Å². The minimum absolute atomic E-state index is 0.267. The second-order valence-corrected chi connectivity index (χ2v) is 10.5. The molecule has 2 rings (SSSR count). The van der Waals surface area contributed by atoms with Gasteiger partial charge in [-0.05, 0) is 51.4 Å². The Morgan fingerprint density at radius 3 is 0.882 bits per heavy atom. The van der Waals surface area contributed by atoms with Gasteiger partial charge in [-0.2, -0.15) is 0 Å². The van der Waals surface area contributed by atoms with Gasteiger partial charge in [-0.3, -0.25) is 0 Å². The molecule has 2 saturated carbocycles. The van der Waals surface area contributed by atoms with Crippen molar-refractivity contribution in [1.29, 1.82) is 0 Å². The molecule has 2 aliphatic rings.